The SMILES string of the molecule is CCc1cc(C(N)CCNC)ccc1OC. The fourth-order valence-electron chi connectivity index (χ4n) is 1.77. The molecular weight excluding hydrogens is 200 g/mol. The van der Waals surface area contributed by atoms with Gasteiger partial charge in [-0.3, -0.25) is 0 Å². The van der Waals surface area contributed by atoms with Gasteiger partial charge in [-0.15, -0.1) is 0 Å². The molecule has 0 saturated carbocycles. The van der Waals surface area contributed by atoms with Crippen LogP contribution in [0.3, 0.4) is 0 Å². The van der Waals surface area contributed by atoms with Gasteiger partial charge >= 0.3 is 0 Å². The van der Waals surface area contributed by atoms with Crippen molar-refractivity contribution in [2.45, 2.75) is 25.8 Å². The number of nitrogens with one attached hydrogen (secondary N) is 1. The van der Waals surface area contributed by atoms with E-state index in [1.54, 1.807) is 7.11 Å². The Bertz CT molecular complexity index is 326. The number of ether oxygens (including phenoxy) is 1. The van der Waals surface area contributed by atoms with Gasteiger partial charge in [0.1, 0.15) is 5.75 Å². The van der Waals surface area contributed by atoms with E-state index in [1.807, 2.05) is 13.1 Å². The van der Waals surface area contributed by atoms with Crippen LogP contribution in [0.4, 0.5) is 0 Å². The Balaban J connectivity index is 2.81. The summed E-state index contributed by atoms with van der Waals surface area (Å²) in [4.78, 5) is 0. The molecule has 1 unspecified atom stereocenters. The van der Waals surface area contributed by atoms with Crippen molar-refractivity contribution < 1.29 is 4.74 Å². The predicted octanol–water partition coefficient (Wildman–Crippen LogP) is 1.87. The molecule has 0 fully saturated rings. The van der Waals surface area contributed by atoms with Gasteiger partial charge in [0.25, 0.3) is 0 Å². The van der Waals surface area contributed by atoms with E-state index in [0.717, 1.165) is 25.1 Å². The van der Waals surface area contributed by atoms with Crippen LogP contribution >= 0.6 is 0 Å². The lowest BCUT2D eigenvalue weighted by atomic mass is 10.0. The second kappa shape index (κ2) is 6.51. The zero-order valence-electron chi connectivity index (χ0n) is 10.4. The van der Waals surface area contributed by atoms with Crippen molar-refractivity contribution in [3.8, 4) is 5.75 Å². The maximum absolute atomic E-state index is 6.12. The van der Waals surface area contributed by atoms with Crippen molar-refractivity contribution in [1.29, 1.82) is 0 Å². The molecule has 0 radical (unpaired) electrons. The second-order valence-electron chi connectivity index (χ2n) is 3.92. The maximum Gasteiger partial charge on any atom is 0.122 e. The lowest BCUT2D eigenvalue weighted by Gasteiger charge is -2.14. The highest BCUT2D eigenvalue weighted by Crippen LogP contribution is 2.23. The Kier molecular flexibility index (Phi) is 5.29. The average Bonchev–Trinajstić information content (AvgIpc) is 2.34. The molecular formula is C13H22N2O. The Hall–Kier alpha value is -1.06. The Morgan fingerprint density at radius 2 is 2.19 bits per heavy atom. The first-order valence-electron chi connectivity index (χ1n) is 5.79. The molecule has 90 valence electrons. The standard InChI is InChI=1S/C13H22N2O/c1-4-10-9-11(5-6-13(10)16-3)12(14)7-8-15-2/h5-6,9,12,15H,4,7-8,14H2,1-3H3. The number of methoxy groups -OCH3 is 1. The minimum atomic E-state index is 0.101. The molecule has 0 amide bonds. The molecule has 0 heterocycles. The van der Waals surface area contributed by atoms with Crippen LogP contribution in [-0.2, 0) is 6.42 Å². The van der Waals surface area contributed by atoms with Gasteiger partial charge in [-0.25, -0.2) is 0 Å². The third-order valence-corrected chi connectivity index (χ3v) is 2.82. The Morgan fingerprint density at radius 1 is 1.44 bits per heavy atom. The summed E-state index contributed by atoms with van der Waals surface area (Å²) in [5.41, 5.74) is 8.53. The van der Waals surface area contributed by atoms with Gasteiger partial charge in [-0.2, -0.15) is 0 Å². The van der Waals surface area contributed by atoms with E-state index >= 15 is 0 Å². The number of benzene rings is 1. The van der Waals surface area contributed by atoms with Crippen molar-refractivity contribution in [3.63, 3.8) is 0 Å². The van der Waals surface area contributed by atoms with Crippen molar-refractivity contribution in [3.05, 3.63) is 29.3 Å². The summed E-state index contributed by atoms with van der Waals surface area (Å²) in [6.45, 7) is 3.06. The highest BCUT2D eigenvalue weighted by Gasteiger charge is 2.08. The second-order valence-corrected chi connectivity index (χ2v) is 3.92. The fourth-order valence-corrected chi connectivity index (χ4v) is 1.77. The molecule has 0 aliphatic heterocycles. The highest BCUT2D eigenvalue weighted by molar-refractivity contribution is 5.38. The number of hydrogen-bond donors (Lipinski definition) is 2. The zero-order chi connectivity index (χ0) is 12.0. The summed E-state index contributed by atoms with van der Waals surface area (Å²) in [6.07, 6.45) is 1.92. The smallest absolute Gasteiger partial charge is 0.122 e. The number of nitrogens with two attached hydrogens (primary N) is 1. The van der Waals surface area contributed by atoms with Gasteiger partial charge in [0.15, 0.2) is 0 Å². The zero-order valence-corrected chi connectivity index (χ0v) is 10.4. The van der Waals surface area contributed by atoms with Crippen LogP contribution in [0.15, 0.2) is 18.2 Å². The third-order valence-electron chi connectivity index (χ3n) is 2.82. The average molecular weight is 222 g/mol. The minimum Gasteiger partial charge on any atom is -0.496 e. The van der Waals surface area contributed by atoms with Crippen molar-refractivity contribution in [1.82, 2.24) is 5.32 Å². The lowest BCUT2D eigenvalue weighted by molar-refractivity contribution is 0.409. The fraction of sp³-hybridized carbons (Fsp3) is 0.538. The summed E-state index contributed by atoms with van der Waals surface area (Å²) in [5.74, 6) is 0.951. The molecule has 3 N–H and O–H groups in total. The topological polar surface area (TPSA) is 47.3 Å². The van der Waals surface area contributed by atoms with E-state index in [1.165, 1.54) is 11.1 Å². The molecule has 0 aliphatic rings. The molecule has 0 aromatic heterocycles. The van der Waals surface area contributed by atoms with Crippen molar-refractivity contribution >= 4 is 0 Å². The molecule has 1 atom stereocenters. The summed E-state index contributed by atoms with van der Waals surface area (Å²) < 4.78 is 5.30. The van der Waals surface area contributed by atoms with Gasteiger partial charge in [0.05, 0.1) is 7.11 Å². The minimum absolute atomic E-state index is 0.101. The first kappa shape index (κ1) is 13.0. The third kappa shape index (κ3) is 3.22. The monoisotopic (exact) mass is 222 g/mol. The number of hydrogen-bond acceptors (Lipinski definition) is 3. The lowest BCUT2D eigenvalue weighted by Crippen LogP contribution is -2.18. The molecule has 16 heavy (non-hydrogen) atoms. The van der Waals surface area contributed by atoms with Gasteiger partial charge in [0, 0.05) is 6.04 Å². The van der Waals surface area contributed by atoms with Crippen LogP contribution in [-0.4, -0.2) is 20.7 Å². The van der Waals surface area contributed by atoms with E-state index in [0.29, 0.717) is 0 Å². The molecule has 1 rings (SSSR count). The molecule has 1 aromatic carbocycles. The van der Waals surface area contributed by atoms with Gasteiger partial charge in [-0.1, -0.05) is 19.1 Å². The molecule has 1 aromatic rings. The quantitative estimate of drug-likeness (QED) is 0.772. The van der Waals surface area contributed by atoms with Crippen LogP contribution in [0.25, 0.3) is 0 Å². The van der Waals surface area contributed by atoms with E-state index in [-0.39, 0.29) is 6.04 Å². The molecule has 0 spiro atoms. The molecule has 3 heteroatoms. The predicted molar refractivity (Wildman–Crippen MR) is 67.8 cm³/mol. The maximum atomic E-state index is 6.12. The highest BCUT2D eigenvalue weighted by atomic mass is 16.5. The summed E-state index contributed by atoms with van der Waals surface area (Å²) >= 11 is 0. The summed E-state index contributed by atoms with van der Waals surface area (Å²) in [5, 5.41) is 3.11. The Labute approximate surface area is 98.0 Å². The number of rotatable bonds is 6. The van der Waals surface area contributed by atoms with Crippen LogP contribution in [0, 0.1) is 0 Å². The first-order chi connectivity index (χ1) is 7.72. The first-order valence-corrected chi connectivity index (χ1v) is 5.79. The van der Waals surface area contributed by atoms with E-state index < -0.39 is 0 Å². The van der Waals surface area contributed by atoms with Gasteiger partial charge < -0.3 is 15.8 Å². The molecule has 0 aliphatic carbocycles. The molecule has 0 saturated heterocycles. The van der Waals surface area contributed by atoms with Crippen LogP contribution in [0.1, 0.15) is 30.5 Å². The van der Waals surface area contributed by atoms with E-state index in [9.17, 15) is 0 Å². The summed E-state index contributed by atoms with van der Waals surface area (Å²) in [7, 11) is 3.65. The van der Waals surface area contributed by atoms with Gasteiger partial charge in [-0.05, 0) is 43.6 Å². The van der Waals surface area contributed by atoms with E-state index in [4.69, 9.17) is 10.5 Å². The van der Waals surface area contributed by atoms with Crippen molar-refractivity contribution in [2.24, 2.45) is 5.73 Å². The largest absolute Gasteiger partial charge is 0.496 e. The normalized spacial score (nSPS) is 12.5. The number of aryl methyl sites for hydroxylation is 1. The molecule has 0 bridgehead atoms. The van der Waals surface area contributed by atoms with Crippen LogP contribution < -0.4 is 15.8 Å². The molecule has 3 nitrogen and oxygen atoms in total. The van der Waals surface area contributed by atoms with Crippen molar-refractivity contribution in [2.75, 3.05) is 20.7 Å². The summed E-state index contributed by atoms with van der Waals surface area (Å²) in [6, 6.07) is 6.31. The van der Waals surface area contributed by atoms with Crippen LogP contribution in [0.2, 0.25) is 0 Å². The van der Waals surface area contributed by atoms with Crippen LogP contribution in [0.5, 0.6) is 5.75 Å². The Morgan fingerprint density at radius 3 is 2.75 bits per heavy atom. The van der Waals surface area contributed by atoms with Gasteiger partial charge in [0.2, 0.25) is 0 Å². The van der Waals surface area contributed by atoms with E-state index in [2.05, 4.69) is 24.4 Å².